The van der Waals surface area contributed by atoms with Crippen LogP contribution in [-0.4, -0.2) is 42.6 Å². The van der Waals surface area contributed by atoms with Crippen molar-refractivity contribution in [2.24, 2.45) is 5.92 Å². The number of carbonyl (C=O) groups excluding carboxylic acids is 1. The molecule has 3 aromatic rings. The lowest BCUT2D eigenvalue weighted by atomic mass is 9.85. The van der Waals surface area contributed by atoms with Crippen LogP contribution in [0.2, 0.25) is 0 Å². The molecule has 4 rings (SSSR count). The molecule has 1 aliphatic carbocycles. The van der Waals surface area contributed by atoms with Crippen molar-refractivity contribution in [1.29, 1.82) is 0 Å². The van der Waals surface area contributed by atoms with E-state index in [0.717, 1.165) is 42.0 Å². The van der Waals surface area contributed by atoms with Gasteiger partial charge in [-0.2, -0.15) is 0 Å². The Morgan fingerprint density at radius 2 is 2.00 bits per heavy atom. The van der Waals surface area contributed by atoms with Crippen molar-refractivity contribution in [3.63, 3.8) is 0 Å². The minimum atomic E-state index is 0.0934. The number of benzene rings is 1. The molecule has 5 heteroatoms. The molecule has 2 heterocycles. The first-order chi connectivity index (χ1) is 13.6. The van der Waals surface area contributed by atoms with Crippen LogP contribution < -0.4 is 4.90 Å². The van der Waals surface area contributed by atoms with Crippen molar-refractivity contribution in [2.75, 3.05) is 27.2 Å². The molecule has 28 heavy (non-hydrogen) atoms. The lowest BCUT2D eigenvalue weighted by Gasteiger charge is -2.28. The highest BCUT2D eigenvalue weighted by atomic mass is 16.3. The van der Waals surface area contributed by atoms with Crippen LogP contribution in [0.3, 0.4) is 0 Å². The number of aromatic nitrogens is 1. The SMILES string of the molecule is C[NH+](C)CCN(Cc1ccccc1)C(=O)c1cc2occc2n1CC1CCC1. The maximum absolute atomic E-state index is 13.6. The highest BCUT2D eigenvalue weighted by molar-refractivity contribution is 5.97. The van der Waals surface area contributed by atoms with Crippen LogP contribution in [0.25, 0.3) is 11.1 Å². The third-order valence-electron chi connectivity index (χ3n) is 5.79. The van der Waals surface area contributed by atoms with Crippen LogP contribution >= 0.6 is 0 Å². The Hall–Kier alpha value is -2.53. The van der Waals surface area contributed by atoms with Crippen molar-refractivity contribution >= 4 is 17.0 Å². The lowest BCUT2D eigenvalue weighted by molar-refractivity contribution is -0.857. The number of hydrogen-bond donors (Lipinski definition) is 1. The maximum Gasteiger partial charge on any atom is 0.271 e. The molecular formula is C23H30N3O2+. The predicted molar refractivity (Wildman–Crippen MR) is 110 cm³/mol. The van der Waals surface area contributed by atoms with Gasteiger partial charge in [-0.1, -0.05) is 36.8 Å². The van der Waals surface area contributed by atoms with Gasteiger partial charge in [-0.05, 0) is 24.3 Å². The molecule has 0 radical (unpaired) electrons. The van der Waals surface area contributed by atoms with Gasteiger partial charge < -0.3 is 18.8 Å². The topological polar surface area (TPSA) is 42.8 Å². The van der Waals surface area contributed by atoms with Gasteiger partial charge in [0.25, 0.3) is 5.91 Å². The summed E-state index contributed by atoms with van der Waals surface area (Å²) in [4.78, 5) is 16.9. The summed E-state index contributed by atoms with van der Waals surface area (Å²) in [7, 11) is 4.25. The van der Waals surface area contributed by atoms with Crippen molar-refractivity contribution in [2.45, 2.75) is 32.4 Å². The lowest BCUT2D eigenvalue weighted by Crippen LogP contribution is -3.06. The number of hydrogen-bond acceptors (Lipinski definition) is 2. The van der Waals surface area contributed by atoms with Crippen LogP contribution in [0, 0.1) is 5.92 Å². The Bertz CT molecular complexity index is 922. The number of furan rings is 1. The predicted octanol–water partition coefficient (Wildman–Crippen LogP) is 2.82. The monoisotopic (exact) mass is 380 g/mol. The van der Waals surface area contributed by atoms with Gasteiger partial charge in [-0.25, -0.2) is 0 Å². The summed E-state index contributed by atoms with van der Waals surface area (Å²) in [5.74, 6) is 0.765. The molecule has 0 saturated heterocycles. The van der Waals surface area contributed by atoms with Crippen LogP contribution in [0.1, 0.15) is 35.3 Å². The first-order valence-corrected chi connectivity index (χ1v) is 10.3. The van der Waals surface area contributed by atoms with Crippen LogP contribution in [-0.2, 0) is 13.1 Å². The summed E-state index contributed by atoms with van der Waals surface area (Å²) >= 11 is 0. The number of nitrogens with zero attached hydrogens (tertiary/aromatic N) is 2. The third kappa shape index (κ3) is 3.99. The summed E-state index contributed by atoms with van der Waals surface area (Å²) in [6.07, 6.45) is 5.52. The van der Waals surface area contributed by atoms with Gasteiger partial charge in [0.1, 0.15) is 5.69 Å². The van der Waals surface area contributed by atoms with Crippen LogP contribution in [0.5, 0.6) is 0 Å². The minimum Gasteiger partial charge on any atom is -0.463 e. The van der Waals surface area contributed by atoms with E-state index in [9.17, 15) is 4.79 Å². The Morgan fingerprint density at radius 3 is 2.68 bits per heavy atom. The molecular weight excluding hydrogens is 350 g/mol. The number of rotatable bonds is 8. The smallest absolute Gasteiger partial charge is 0.271 e. The zero-order valence-corrected chi connectivity index (χ0v) is 16.9. The third-order valence-corrected chi connectivity index (χ3v) is 5.79. The van der Waals surface area contributed by atoms with Crippen molar-refractivity contribution < 1.29 is 14.1 Å². The van der Waals surface area contributed by atoms with E-state index in [-0.39, 0.29) is 5.91 Å². The largest absolute Gasteiger partial charge is 0.463 e. The summed E-state index contributed by atoms with van der Waals surface area (Å²) in [5.41, 5.74) is 3.75. The first kappa shape index (κ1) is 18.8. The molecule has 1 N–H and O–H groups in total. The molecule has 2 aromatic heterocycles. The summed E-state index contributed by atoms with van der Waals surface area (Å²) in [6.45, 7) is 3.18. The van der Waals surface area contributed by atoms with E-state index in [1.165, 1.54) is 24.2 Å². The molecule has 0 aliphatic heterocycles. The molecule has 0 bridgehead atoms. The van der Waals surface area contributed by atoms with E-state index in [4.69, 9.17) is 4.42 Å². The van der Waals surface area contributed by atoms with E-state index >= 15 is 0 Å². The van der Waals surface area contributed by atoms with E-state index in [0.29, 0.717) is 12.5 Å². The van der Waals surface area contributed by atoms with Gasteiger partial charge >= 0.3 is 0 Å². The molecule has 1 amide bonds. The number of nitrogens with one attached hydrogen (secondary N) is 1. The second-order valence-electron chi connectivity index (χ2n) is 8.28. The highest BCUT2D eigenvalue weighted by Gasteiger charge is 2.26. The Kier molecular flexibility index (Phi) is 5.53. The Balaban J connectivity index is 1.63. The van der Waals surface area contributed by atoms with E-state index in [1.54, 1.807) is 6.26 Å². The van der Waals surface area contributed by atoms with Gasteiger partial charge in [0.2, 0.25) is 0 Å². The zero-order valence-electron chi connectivity index (χ0n) is 16.9. The molecule has 0 atom stereocenters. The number of likely N-dealkylation sites (N-methyl/N-ethyl adjacent to an activating group) is 1. The quantitative estimate of drug-likeness (QED) is 0.653. The Morgan fingerprint density at radius 1 is 1.21 bits per heavy atom. The number of amides is 1. The highest BCUT2D eigenvalue weighted by Crippen LogP contribution is 2.31. The van der Waals surface area contributed by atoms with Crippen LogP contribution in [0.4, 0.5) is 0 Å². The maximum atomic E-state index is 13.6. The van der Waals surface area contributed by atoms with Gasteiger partial charge in [-0.3, -0.25) is 4.79 Å². The van der Waals surface area contributed by atoms with Gasteiger partial charge in [0, 0.05) is 25.2 Å². The Labute approximate surface area is 166 Å². The van der Waals surface area contributed by atoms with Gasteiger partial charge in [0.05, 0.1) is 39.0 Å². The fraction of sp³-hybridized carbons (Fsp3) is 0.435. The molecule has 1 fully saturated rings. The molecule has 1 aromatic carbocycles. The summed E-state index contributed by atoms with van der Waals surface area (Å²) in [6, 6.07) is 14.2. The van der Waals surface area contributed by atoms with Crippen LogP contribution in [0.15, 0.2) is 53.1 Å². The number of quaternary nitrogens is 1. The van der Waals surface area contributed by atoms with Gasteiger partial charge in [-0.15, -0.1) is 0 Å². The summed E-state index contributed by atoms with van der Waals surface area (Å²) in [5, 5.41) is 0. The molecule has 0 unspecified atom stereocenters. The van der Waals surface area contributed by atoms with E-state index in [2.05, 4.69) is 30.8 Å². The first-order valence-electron chi connectivity index (χ1n) is 10.3. The number of fused-ring (bicyclic) bond motifs is 1. The fourth-order valence-corrected chi connectivity index (χ4v) is 3.86. The molecule has 0 spiro atoms. The average Bonchev–Trinajstić information content (AvgIpc) is 3.23. The van der Waals surface area contributed by atoms with E-state index < -0.39 is 0 Å². The van der Waals surface area contributed by atoms with Crippen molar-refractivity contribution in [3.05, 3.63) is 60.0 Å². The molecule has 5 nitrogen and oxygen atoms in total. The second-order valence-corrected chi connectivity index (χ2v) is 8.28. The average molecular weight is 381 g/mol. The standard InChI is InChI=1S/C23H29N3O2/c1-24(2)12-13-25(16-18-7-4-3-5-8-18)23(27)21-15-22-20(11-14-28-22)26(21)17-19-9-6-10-19/h3-5,7-8,11,14-15,19H,6,9-10,12-13,16-17H2,1-2H3/p+1. The zero-order chi connectivity index (χ0) is 19.5. The fourth-order valence-electron chi connectivity index (χ4n) is 3.86. The van der Waals surface area contributed by atoms with Crippen molar-refractivity contribution in [3.8, 4) is 0 Å². The molecule has 1 saturated carbocycles. The second kappa shape index (κ2) is 8.23. The number of carbonyl (C=O) groups is 1. The summed E-state index contributed by atoms with van der Waals surface area (Å²) < 4.78 is 7.81. The van der Waals surface area contributed by atoms with Crippen molar-refractivity contribution in [1.82, 2.24) is 9.47 Å². The van der Waals surface area contributed by atoms with Gasteiger partial charge in [0.15, 0.2) is 5.58 Å². The molecule has 148 valence electrons. The molecule has 1 aliphatic rings. The van der Waals surface area contributed by atoms with E-state index in [1.807, 2.05) is 35.2 Å². The normalized spacial score (nSPS) is 14.5. The minimum absolute atomic E-state index is 0.0934.